The summed E-state index contributed by atoms with van der Waals surface area (Å²) in [6, 6.07) is 2.06. The second kappa shape index (κ2) is 3.09. The molecule has 0 fully saturated rings. The lowest BCUT2D eigenvalue weighted by Crippen LogP contribution is -2.32. The van der Waals surface area contributed by atoms with Crippen molar-refractivity contribution in [2.24, 2.45) is 5.41 Å². The summed E-state index contributed by atoms with van der Waals surface area (Å²) < 4.78 is 0. The van der Waals surface area contributed by atoms with E-state index in [9.17, 15) is 9.90 Å². The Bertz CT molecular complexity index is 365. The first-order valence-electron chi connectivity index (χ1n) is 4.81. The highest BCUT2D eigenvalue weighted by Gasteiger charge is 2.41. The maximum Gasteiger partial charge on any atom is 0.312 e. The van der Waals surface area contributed by atoms with E-state index in [1.807, 2.05) is 5.38 Å². The van der Waals surface area contributed by atoms with Crippen molar-refractivity contribution in [2.75, 3.05) is 0 Å². The van der Waals surface area contributed by atoms with Gasteiger partial charge < -0.3 is 5.11 Å². The van der Waals surface area contributed by atoms with Crippen LogP contribution in [0.5, 0.6) is 0 Å². The average Bonchev–Trinajstić information content (AvgIpc) is 2.48. The van der Waals surface area contributed by atoms with E-state index in [2.05, 4.69) is 19.9 Å². The Hall–Kier alpha value is -0.830. The van der Waals surface area contributed by atoms with Gasteiger partial charge in [0.1, 0.15) is 0 Å². The van der Waals surface area contributed by atoms with Crippen LogP contribution in [0.1, 0.15) is 36.6 Å². The second-order valence-electron chi connectivity index (χ2n) is 4.57. The van der Waals surface area contributed by atoms with Gasteiger partial charge in [-0.3, -0.25) is 4.79 Å². The van der Waals surface area contributed by atoms with Crippen LogP contribution in [0.2, 0.25) is 0 Å². The molecule has 1 N–H and O–H groups in total. The summed E-state index contributed by atoms with van der Waals surface area (Å²) in [6.07, 6.45) is 1.99. The number of thiophene rings is 1. The molecule has 0 aromatic carbocycles. The topological polar surface area (TPSA) is 37.3 Å². The lowest BCUT2D eigenvalue weighted by atomic mass is 9.69. The predicted octanol–water partition coefficient (Wildman–Crippen LogP) is 2.89. The van der Waals surface area contributed by atoms with E-state index in [0.29, 0.717) is 0 Å². The lowest BCUT2D eigenvalue weighted by Gasteiger charge is -2.35. The summed E-state index contributed by atoms with van der Waals surface area (Å²) in [5, 5.41) is 11.2. The third-order valence-electron chi connectivity index (χ3n) is 3.11. The maximum atomic E-state index is 11.2. The van der Waals surface area contributed by atoms with Crippen molar-refractivity contribution < 1.29 is 9.90 Å². The zero-order chi connectivity index (χ0) is 10.3. The number of rotatable bonds is 1. The quantitative estimate of drug-likeness (QED) is 0.773. The molecule has 1 aliphatic rings. The Balaban J connectivity index is 2.49. The van der Waals surface area contributed by atoms with Crippen LogP contribution in [0.15, 0.2) is 11.4 Å². The van der Waals surface area contributed by atoms with Crippen molar-refractivity contribution in [3.05, 3.63) is 21.9 Å². The van der Waals surface area contributed by atoms with Crippen LogP contribution in [0.3, 0.4) is 0 Å². The number of aliphatic carboxylic acids is 1. The molecule has 0 spiro atoms. The molecule has 2 nitrogen and oxygen atoms in total. The summed E-state index contributed by atoms with van der Waals surface area (Å²) in [5.41, 5.74) is 1.13. The van der Waals surface area contributed by atoms with Gasteiger partial charge in [-0.1, -0.05) is 13.8 Å². The van der Waals surface area contributed by atoms with Crippen molar-refractivity contribution >= 4 is 17.3 Å². The largest absolute Gasteiger partial charge is 0.481 e. The molecule has 1 atom stereocenters. The van der Waals surface area contributed by atoms with Crippen molar-refractivity contribution in [3.63, 3.8) is 0 Å². The van der Waals surface area contributed by atoms with Gasteiger partial charge in [-0.25, -0.2) is 0 Å². The highest BCUT2D eigenvalue weighted by atomic mass is 32.1. The summed E-state index contributed by atoms with van der Waals surface area (Å²) in [7, 11) is 0. The summed E-state index contributed by atoms with van der Waals surface area (Å²) in [4.78, 5) is 12.3. The number of hydrogen-bond acceptors (Lipinski definition) is 2. The molecule has 0 aliphatic heterocycles. The highest BCUT2D eigenvalue weighted by molar-refractivity contribution is 7.10. The molecule has 0 saturated heterocycles. The molecule has 1 aliphatic carbocycles. The minimum absolute atomic E-state index is 0.107. The molecule has 2 rings (SSSR count). The van der Waals surface area contributed by atoms with Crippen LogP contribution >= 0.6 is 11.3 Å². The van der Waals surface area contributed by atoms with Gasteiger partial charge in [-0.05, 0) is 35.3 Å². The van der Waals surface area contributed by atoms with Crippen LogP contribution in [0, 0.1) is 5.41 Å². The fraction of sp³-hybridized carbons (Fsp3) is 0.545. The number of carboxylic acid groups (broad SMARTS) is 1. The lowest BCUT2D eigenvalue weighted by molar-refractivity contribution is -0.142. The van der Waals surface area contributed by atoms with Crippen LogP contribution < -0.4 is 0 Å². The van der Waals surface area contributed by atoms with Crippen molar-refractivity contribution in [1.29, 1.82) is 0 Å². The normalized spacial score (nSPS) is 24.3. The molecule has 1 unspecified atom stereocenters. The molecule has 1 heterocycles. The molecule has 3 heteroatoms. The molecule has 14 heavy (non-hydrogen) atoms. The monoisotopic (exact) mass is 210 g/mol. The summed E-state index contributed by atoms with van der Waals surface area (Å²) in [5.74, 6) is -0.996. The minimum Gasteiger partial charge on any atom is -0.481 e. The van der Waals surface area contributed by atoms with Crippen LogP contribution in [-0.2, 0) is 11.2 Å². The third-order valence-corrected chi connectivity index (χ3v) is 4.13. The molecule has 1 aromatic rings. The number of hydrogen-bond donors (Lipinski definition) is 1. The Kier molecular flexibility index (Phi) is 2.14. The minimum atomic E-state index is -0.682. The predicted molar refractivity (Wildman–Crippen MR) is 56.8 cm³/mol. The van der Waals surface area contributed by atoms with E-state index in [1.165, 1.54) is 5.56 Å². The number of fused-ring (bicyclic) bond motifs is 1. The number of carbonyl (C=O) groups is 1. The average molecular weight is 210 g/mol. The van der Waals surface area contributed by atoms with Crippen LogP contribution in [-0.4, -0.2) is 11.1 Å². The Morgan fingerprint density at radius 2 is 2.36 bits per heavy atom. The van der Waals surface area contributed by atoms with E-state index in [-0.39, 0.29) is 11.3 Å². The smallest absolute Gasteiger partial charge is 0.312 e. The van der Waals surface area contributed by atoms with Gasteiger partial charge in [0.2, 0.25) is 0 Å². The molecular weight excluding hydrogens is 196 g/mol. The summed E-state index contributed by atoms with van der Waals surface area (Å²) in [6.45, 7) is 4.10. The van der Waals surface area contributed by atoms with Crippen LogP contribution in [0.4, 0.5) is 0 Å². The van der Waals surface area contributed by atoms with Gasteiger partial charge in [0, 0.05) is 4.88 Å². The van der Waals surface area contributed by atoms with Gasteiger partial charge in [0.15, 0.2) is 0 Å². The standard InChI is InChI=1S/C11H14O2S/c1-11(2)5-3-7-4-6-14-9(7)8(11)10(12)13/h4,6,8H,3,5H2,1-2H3,(H,12,13). The molecular formula is C11H14O2S. The van der Waals surface area contributed by atoms with Crippen LogP contribution in [0.25, 0.3) is 0 Å². The van der Waals surface area contributed by atoms with Gasteiger partial charge >= 0.3 is 5.97 Å². The number of aryl methyl sites for hydroxylation is 1. The van der Waals surface area contributed by atoms with E-state index < -0.39 is 5.97 Å². The highest BCUT2D eigenvalue weighted by Crippen LogP contribution is 2.47. The Morgan fingerprint density at radius 1 is 1.64 bits per heavy atom. The first-order valence-corrected chi connectivity index (χ1v) is 5.69. The van der Waals surface area contributed by atoms with E-state index in [0.717, 1.165) is 17.7 Å². The Morgan fingerprint density at radius 3 is 3.00 bits per heavy atom. The fourth-order valence-electron chi connectivity index (χ4n) is 2.21. The third kappa shape index (κ3) is 1.36. The molecule has 1 aromatic heterocycles. The molecule has 0 radical (unpaired) electrons. The van der Waals surface area contributed by atoms with Crippen molar-refractivity contribution in [2.45, 2.75) is 32.6 Å². The van der Waals surface area contributed by atoms with Gasteiger partial charge in [0.25, 0.3) is 0 Å². The number of carboxylic acids is 1. The van der Waals surface area contributed by atoms with E-state index in [1.54, 1.807) is 11.3 Å². The van der Waals surface area contributed by atoms with Crippen molar-refractivity contribution in [3.8, 4) is 0 Å². The zero-order valence-electron chi connectivity index (χ0n) is 8.41. The zero-order valence-corrected chi connectivity index (χ0v) is 9.23. The maximum absolute atomic E-state index is 11.2. The Labute approximate surface area is 87.6 Å². The molecule has 0 saturated carbocycles. The second-order valence-corrected chi connectivity index (χ2v) is 5.52. The molecule has 0 bridgehead atoms. The van der Waals surface area contributed by atoms with Gasteiger partial charge in [0.05, 0.1) is 5.92 Å². The van der Waals surface area contributed by atoms with Gasteiger partial charge in [-0.15, -0.1) is 11.3 Å². The van der Waals surface area contributed by atoms with E-state index >= 15 is 0 Å². The molecule has 76 valence electrons. The SMILES string of the molecule is CC1(C)CCc2ccsc2C1C(=O)O. The van der Waals surface area contributed by atoms with E-state index in [4.69, 9.17) is 0 Å². The molecule has 0 amide bonds. The van der Waals surface area contributed by atoms with Crippen molar-refractivity contribution in [1.82, 2.24) is 0 Å². The van der Waals surface area contributed by atoms with Gasteiger partial charge in [-0.2, -0.15) is 0 Å². The summed E-state index contributed by atoms with van der Waals surface area (Å²) >= 11 is 1.58. The fourth-order valence-corrected chi connectivity index (χ4v) is 3.47. The first kappa shape index (κ1) is 9.71. The first-order chi connectivity index (χ1) is 6.52.